The Balaban J connectivity index is 1.82. The number of amides is 2. The molecule has 5 heteroatoms. The highest BCUT2D eigenvalue weighted by atomic mass is 35.5. The molecule has 116 valence electrons. The summed E-state index contributed by atoms with van der Waals surface area (Å²) in [5.74, 6) is 0. The maximum absolute atomic E-state index is 11.9. The Morgan fingerprint density at radius 1 is 1.18 bits per heavy atom. The van der Waals surface area contributed by atoms with Crippen LogP contribution in [0.25, 0.3) is 0 Å². The van der Waals surface area contributed by atoms with Crippen LogP contribution in [0.3, 0.4) is 0 Å². The molecule has 0 aliphatic rings. The Morgan fingerprint density at radius 3 is 2.64 bits per heavy atom. The van der Waals surface area contributed by atoms with Crippen LogP contribution in [0.2, 0.25) is 5.02 Å². The highest BCUT2D eigenvalue weighted by Crippen LogP contribution is 2.20. The number of carbonyl (C=O) groups is 1. The lowest BCUT2D eigenvalue weighted by Gasteiger charge is -2.18. The summed E-state index contributed by atoms with van der Waals surface area (Å²) in [7, 11) is 0. The standard InChI is InChI=1S/C17H19ClN2O2/c1-2-16(14-9-6-10-15(18)11-14)19-17(21)20-22-12-13-7-4-3-5-8-13/h3-11,16H,2,12H2,1H3,(H2,19,20,21). The van der Waals surface area contributed by atoms with E-state index in [9.17, 15) is 4.79 Å². The van der Waals surface area contributed by atoms with Crippen molar-refractivity contribution >= 4 is 17.6 Å². The van der Waals surface area contributed by atoms with Gasteiger partial charge in [0.15, 0.2) is 0 Å². The van der Waals surface area contributed by atoms with Gasteiger partial charge < -0.3 is 5.32 Å². The van der Waals surface area contributed by atoms with E-state index in [2.05, 4.69) is 10.8 Å². The van der Waals surface area contributed by atoms with E-state index in [-0.39, 0.29) is 12.1 Å². The predicted molar refractivity (Wildman–Crippen MR) is 87.4 cm³/mol. The summed E-state index contributed by atoms with van der Waals surface area (Å²) < 4.78 is 0. The van der Waals surface area contributed by atoms with E-state index in [0.717, 1.165) is 17.5 Å². The van der Waals surface area contributed by atoms with Crippen LogP contribution in [-0.2, 0) is 11.4 Å². The molecule has 0 aromatic heterocycles. The molecule has 2 amide bonds. The van der Waals surface area contributed by atoms with Gasteiger partial charge in [-0.2, -0.15) is 0 Å². The van der Waals surface area contributed by atoms with Crippen molar-refractivity contribution in [3.8, 4) is 0 Å². The van der Waals surface area contributed by atoms with Gasteiger partial charge in [-0.3, -0.25) is 4.84 Å². The molecule has 2 aromatic rings. The Morgan fingerprint density at radius 2 is 1.95 bits per heavy atom. The van der Waals surface area contributed by atoms with Gasteiger partial charge in [0.25, 0.3) is 0 Å². The van der Waals surface area contributed by atoms with Crippen molar-refractivity contribution in [2.24, 2.45) is 0 Å². The van der Waals surface area contributed by atoms with Crippen molar-refractivity contribution in [1.82, 2.24) is 10.8 Å². The van der Waals surface area contributed by atoms with Crippen molar-refractivity contribution in [3.05, 3.63) is 70.7 Å². The van der Waals surface area contributed by atoms with Crippen LogP contribution in [0.15, 0.2) is 54.6 Å². The van der Waals surface area contributed by atoms with Crippen molar-refractivity contribution < 1.29 is 9.63 Å². The molecular weight excluding hydrogens is 300 g/mol. The van der Waals surface area contributed by atoms with E-state index in [4.69, 9.17) is 16.4 Å². The number of hydroxylamine groups is 1. The van der Waals surface area contributed by atoms with Crippen molar-refractivity contribution in [2.75, 3.05) is 0 Å². The van der Waals surface area contributed by atoms with Gasteiger partial charge >= 0.3 is 6.03 Å². The van der Waals surface area contributed by atoms with E-state index in [0.29, 0.717) is 11.6 Å². The summed E-state index contributed by atoms with van der Waals surface area (Å²) >= 11 is 5.98. The lowest BCUT2D eigenvalue weighted by Crippen LogP contribution is -2.37. The molecule has 4 nitrogen and oxygen atoms in total. The molecule has 22 heavy (non-hydrogen) atoms. The number of rotatable bonds is 6. The molecule has 0 saturated heterocycles. The first-order valence-electron chi connectivity index (χ1n) is 7.16. The number of hydrogen-bond donors (Lipinski definition) is 2. The second kappa shape index (κ2) is 8.41. The molecule has 0 aliphatic heterocycles. The Bertz CT molecular complexity index is 605. The summed E-state index contributed by atoms with van der Waals surface area (Å²) in [6, 6.07) is 16.6. The van der Waals surface area contributed by atoms with Crippen LogP contribution >= 0.6 is 11.6 Å². The Labute approximate surface area is 135 Å². The zero-order valence-electron chi connectivity index (χ0n) is 12.4. The molecule has 1 unspecified atom stereocenters. The van der Waals surface area contributed by atoms with Crippen LogP contribution in [-0.4, -0.2) is 6.03 Å². The SMILES string of the molecule is CCC(NC(=O)NOCc1ccccc1)c1cccc(Cl)c1. The van der Waals surface area contributed by atoms with Gasteiger partial charge in [-0.1, -0.05) is 61.0 Å². The van der Waals surface area contributed by atoms with E-state index in [1.54, 1.807) is 6.07 Å². The van der Waals surface area contributed by atoms with Gasteiger partial charge in [-0.05, 0) is 29.7 Å². The molecular formula is C17H19ClN2O2. The molecule has 0 aliphatic carbocycles. The zero-order valence-corrected chi connectivity index (χ0v) is 13.1. The van der Waals surface area contributed by atoms with Gasteiger partial charge in [-0.15, -0.1) is 0 Å². The van der Waals surface area contributed by atoms with Crippen LogP contribution in [0.5, 0.6) is 0 Å². The van der Waals surface area contributed by atoms with Gasteiger partial charge in [0.05, 0.1) is 12.6 Å². The van der Waals surface area contributed by atoms with E-state index < -0.39 is 0 Å². The average molecular weight is 319 g/mol. The summed E-state index contributed by atoms with van der Waals surface area (Å²) in [5, 5.41) is 3.51. The minimum absolute atomic E-state index is 0.112. The first-order chi connectivity index (χ1) is 10.7. The quantitative estimate of drug-likeness (QED) is 0.783. The number of halogens is 1. The second-order valence-electron chi connectivity index (χ2n) is 4.87. The second-order valence-corrected chi connectivity index (χ2v) is 5.30. The highest BCUT2D eigenvalue weighted by molar-refractivity contribution is 6.30. The third kappa shape index (κ3) is 5.06. The largest absolute Gasteiger partial charge is 0.339 e. The van der Waals surface area contributed by atoms with E-state index in [1.165, 1.54) is 0 Å². The maximum atomic E-state index is 11.9. The average Bonchev–Trinajstić information content (AvgIpc) is 2.53. The van der Waals surface area contributed by atoms with Crippen LogP contribution < -0.4 is 10.8 Å². The zero-order chi connectivity index (χ0) is 15.8. The fourth-order valence-corrected chi connectivity index (χ4v) is 2.29. The molecule has 0 saturated carbocycles. The van der Waals surface area contributed by atoms with Crippen LogP contribution in [0.4, 0.5) is 4.79 Å². The van der Waals surface area contributed by atoms with Crippen molar-refractivity contribution in [3.63, 3.8) is 0 Å². The topological polar surface area (TPSA) is 50.4 Å². The predicted octanol–water partition coefficient (Wildman–Crippen LogP) is 4.22. The van der Waals surface area contributed by atoms with Crippen LogP contribution in [0, 0.1) is 0 Å². The molecule has 0 heterocycles. The smallest absolute Gasteiger partial charge is 0.330 e. The lowest BCUT2D eigenvalue weighted by atomic mass is 10.1. The normalized spacial score (nSPS) is 11.7. The number of nitrogens with one attached hydrogen (secondary N) is 2. The van der Waals surface area contributed by atoms with E-state index in [1.807, 2.05) is 55.5 Å². The molecule has 0 spiro atoms. The fraction of sp³-hybridized carbons (Fsp3) is 0.235. The number of carbonyl (C=O) groups excluding carboxylic acids is 1. The third-order valence-electron chi connectivity index (χ3n) is 3.21. The number of benzene rings is 2. The highest BCUT2D eigenvalue weighted by Gasteiger charge is 2.12. The number of hydrogen-bond acceptors (Lipinski definition) is 2. The fourth-order valence-electron chi connectivity index (χ4n) is 2.09. The minimum atomic E-state index is -0.372. The lowest BCUT2D eigenvalue weighted by molar-refractivity contribution is 0.0480. The summed E-state index contributed by atoms with van der Waals surface area (Å²) in [4.78, 5) is 17.1. The molecule has 0 fully saturated rings. The summed E-state index contributed by atoms with van der Waals surface area (Å²) in [6.07, 6.45) is 0.756. The minimum Gasteiger partial charge on any atom is -0.330 e. The molecule has 2 aromatic carbocycles. The summed E-state index contributed by atoms with van der Waals surface area (Å²) in [5.41, 5.74) is 4.35. The first-order valence-corrected chi connectivity index (χ1v) is 7.54. The Kier molecular flexibility index (Phi) is 6.25. The van der Waals surface area contributed by atoms with Gasteiger partial charge in [0.2, 0.25) is 0 Å². The first kappa shape index (κ1) is 16.3. The molecule has 2 rings (SSSR count). The maximum Gasteiger partial charge on any atom is 0.339 e. The number of urea groups is 1. The third-order valence-corrected chi connectivity index (χ3v) is 3.45. The van der Waals surface area contributed by atoms with Gasteiger partial charge in [0.1, 0.15) is 0 Å². The Hall–Kier alpha value is -2.04. The van der Waals surface area contributed by atoms with Gasteiger partial charge in [0, 0.05) is 5.02 Å². The molecule has 1 atom stereocenters. The van der Waals surface area contributed by atoms with E-state index >= 15 is 0 Å². The molecule has 0 bridgehead atoms. The summed E-state index contributed by atoms with van der Waals surface area (Å²) in [6.45, 7) is 2.32. The molecule has 0 radical (unpaired) electrons. The van der Waals surface area contributed by atoms with Crippen molar-refractivity contribution in [1.29, 1.82) is 0 Å². The molecule has 2 N–H and O–H groups in total. The van der Waals surface area contributed by atoms with Crippen molar-refractivity contribution in [2.45, 2.75) is 26.0 Å². The monoisotopic (exact) mass is 318 g/mol. The van der Waals surface area contributed by atoms with Gasteiger partial charge in [-0.25, -0.2) is 10.3 Å². The van der Waals surface area contributed by atoms with Crippen LogP contribution in [0.1, 0.15) is 30.5 Å².